The average molecular weight is 598 g/mol. The molecule has 1 saturated carbocycles. The summed E-state index contributed by atoms with van der Waals surface area (Å²) >= 11 is 0. The second-order valence-corrected chi connectivity index (χ2v) is 14.4. The van der Waals surface area contributed by atoms with Crippen molar-refractivity contribution in [2.45, 2.75) is 80.4 Å². The molecule has 42 heavy (non-hydrogen) atoms. The fourth-order valence-electron chi connectivity index (χ4n) is 7.27. The van der Waals surface area contributed by atoms with Gasteiger partial charge in [-0.3, -0.25) is 4.79 Å². The summed E-state index contributed by atoms with van der Waals surface area (Å²) in [6.45, 7) is 3.05. The highest BCUT2D eigenvalue weighted by atomic mass is 32.2. The van der Waals surface area contributed by atoms with E-state index >= 15 is 0 Å². The molecule has 0 unspecified atom stereocenters. The Morgan fingerprint density at radius 1 is 1.05 bits per heavy atom. The molecule has 0 radical (unpaired) electrons. The number of fused-ring (bicyclic) bond motifs is 2. The van der Waals surface area contributed by atoms with Crippen LogP contribution < -0.4 is 14.8 Å². The first-order valence-electron chi connectivity index (χ1n) is 15.4. The van der Waals surface area contributed by atoms with Crippen LogP contribution in [0.2, 0.25) is 0 Å². The molecule has 4 aliphatic rings. The molecule has 228 valence electrons. The number of aliphatic hydroxyl groups is 1. The van der Waals surface area contributed by atoms with Gasteiger partial charge in [-0.2, -0.15) is 4.31 Å². The van der Waals surface area contributed by atoms with E-state index in [2.05, 4.69) is 10.2 Å². The van der Waals surface area contributed by atoms with Crippen LogP contribution in [0.25, 0.3) is 11.1 Å². The van der Waals surface area contributed by atoms with Crippen molar-refractivity contribution in [3.8, 4) is 22.6 Å². The standard InChI is InChI=1S/C32H43N3O6S/c1-40-27-9-5-8-24(18-27)25-10-11-30-29(19-25)41-17-14-32(12-15-34(16-13-32)21-23-6-3-2-4-7-23)33-31(37)28-20-26(36)22-35(28)42(30,38)39/h5,8-11,18-19,23,26,28,36H,2-4,6-7,12-17,20-22H2,1H3,(H,33,37)/t26-,28+/m1/s1. The van der Waals surface area contributed by atoms with E-state index in [1.165, 1.54) is 32.1 Å². The first-order valence-corrected chi connectivity index (χ1v) is 16.9. The Hall–Kier alpha value is -2.66. The van der Waals surface area contributed by atoms with Gasteiger partial charge in [-0.05, 0) is 67.0 Å². The fourth-order valence-corrected chi connectivity index (χ4v) is 9.02. The predicted molar refractivity (Wildman–Crippen MR) is 160 cm³/mol. The molecule has 2 saturated heterocycles. The number of sulfonamides is 1. The van der Waals surface area contributed by atoms with Crippen molar-refractivity contribution >= 4 is 15.9 Å². The number of nitrogens with zero attached hydrogens (tertiary/aromatic N) is 2. The van der Waals surface area contributed by atoms with Crippen LogP contribution >= 0.6 is 0 Å². The molecule has 3 heterocycles. The summed E-state index contributed by atoms with van der Waals surface area (Å²) in [4.78, 5) is 16.3. The zero-order chi connectivity index (χ0) is 29.3. The highest BCUT2D eigenvalue weighted by Gasteiger charge is 2.47. The van der Waals surface area contributed by atoms with Gasteiger partial charge in [0.25, 0.3) is 0 Å². The second-order valence-electron chi connectivity index (χ2n) is 12.5. The zero-order valence-electron chi connectivity index (χ0n) is 24.5. The summed E-state index contributed by atoms with van der Waals surface area (Å²) in [5.74, 6) is 1.39. The van der Waals surface area contributed by atoms with Gasteiger partial charge in [0.05, 0.1) is 19.8 Å². The Bertz CT molecular complexity index is 1380. The lowest BCUT2D eigenvalue weighted by molar-refractivity contribution is -0.127. The third kappa shape index (κ3) is 6.04. The van der Waals surface area contributed by atoms with Crippen LogP contribution in [0.5, 0.6) is 11.5 Å². The lowest BCUT2D eigenvalue weighted by Crippen LogP contribution is -2.59. The molecule has 0 bridgehead atoms. The molecule has 3 fully saturated rings. The number of carbonyl (C=O) groups is 1. The number of hydrogen-bond acceptors (Lipinski definition) is 7. The van der Waals surface area contributed by atoms with Crippen molar-refractivity contribution in [2.24, 2.45) is 5.92 Å². The predicted octanol–water partition coefficient (Wildman–Crippen LogP) is 3.80. The van der Waals surface area contributed by atoms with Crippen LogP contribution in [-0.4, -0.2) is 86.2 Å². The summed E-state index contributed by atoms with van der Waals surface area (Å²) in [5, 5.41) is 13.8. The molecule has 1 amide bonds. The Morgan fingerprint density at radius 2 is 1.81 bits per heavy atom. The Balaban J connectivity index is 1.29. The van der Waals surface area contributed by atoms with Crippen molar-refractivity contribution < 1.29 is 27.8 Å². The number of aliphatic hydroxyl groups excluding tert-OH is 1. The Kier molecular flexibility index (Phi) is 8.51. The van der Waals surface area contributed by atoms with Crippen LogP contribution in [0.4, 0.5) is 0 Å². The van der Waals surface area contributed by atoms with Crippen LogP contribution in [0, 0.1) is 5.92 Å². The van der Waals surface area contributed by atoms with Gasteiger partial charge < -0.3 is 24.8 Å². The fraction of sp³-hybridized carbons (Fsp3) is 0.594. The van der Waals surface area contributed by atoms with Gasteiger partial charge in [-0.25, -0.2) is 8.42 Å². The number of rotatable bonds is 4. The number of piperidine rings is 1. The quantitative estimate of drug-likeness (QED) is 0.552. The second kappa shape index (κ2) is 12.1. The number of hydrogen-bond donors (Lipinski definition) is 2. The van der Waals surface area contributed by atoms with Crippen molar-refractivity contribution in [1.29, 1.82) is 0 Å². The summed E-state index contributed by atoms with van der Waals surface area (Å²) in [6, 6.07) is 11.7. The molecule has 0 aromatic heterocycles. The van der Waals surface area contributed by atoms with Gasteiger partial charge >= 0.3 is 0 Å². The molecule has 6 rings (SSSR count). The lowest BCUT2D eigenvalue weighted by atomic mass is 9.83. The van der Waals surface area contributed by atoms with Crippen molar-refractivity contribution in [3.63, 3.8) is 0 Å². The molecular weight excluding hydrogens is 554 g/mol. The minimum absolute atomic E-state index is 0.0132. The number of ether oxygens (including phenoxy) is 2. The van der Waals surface area contributed by atoms with Crippen molar-refractivity contribution in [3.05, 3.63) is 42.5 Å². The van der Waals surface area contributed by atoms with Crippen molar-refractivity contribution in [2.75, 3.05) is 39.9 Å². The first kappa shape index (κ1) is 29.4. The van der Waals surface area contributed by atoms with Crippen LogP contribution in [0.3, 0.4) is 0 Å². The maximum Gasteiger partial charge on any atom is 0.247 e. The minimum Gasteiger partial charge on any atom is -0.497 e. The SMILES string of the molecule is COc1cccc(-c2ccc3c(c2)OCCC2(CCN(CC4CCCCC4)CC2)NC(=O)[C@@H]2C[C@@H](O)CN2S3(=O)=O)c1. The van der Waals surface area contributed by atoms with Gasteiger partial charge in [-0.1, -0.05) is 37.5 Å². The maximum atomic E-state index is 14.0. The summed E-state index contributed by atoms with van der Waals surface area (Å²) in [6.07, 6.45) is 7.91. The average Bonchev–Trinajstić information content (AvgIpc) is 3.41. The van der Waals surface area contributed by atoms with Gasteiger partial charge in [0.15, 0.2) is 0 Å². The number of amides is 1. The van der Waals surface area contributed by atoms with E-state index in [0.29, 0.717) is 12.2 Å². The van der Waals surface area contributed by atoms with Crippen LogP contribution in [0.15, 0.2) is 47.4 Å². The molecule has 1 aliphatic carbocycles. The van der Waals surface area contributed by atoms with Gasteiger partial charge in [0.1, 0.15) is 22.4 Å². The number of carbonyl (C=O) groups excluding carboxylic acids is 1. The Labute approximate surface area is 249 Å². The van der Waals surface area contributed by atoms with E-state index in [9.17, 15) is 18.3 Å². The zero-order valence-corrected chi connectivity index (χ0v) is 25.3. The van der Waals surface area contributed by atoms with E-state index in [1.807, 2.05) is 24.3 Å². The highest BCUT2D eigenvalue weighted by Crippen LogP contribution is 2.38. The monoisotopic (exact) mass is 597 g/mol. The van der Waals surface area contributed by atoms with Gasteiger partial charge in [-0.15, -0.1) is 0 Å². The van der Waals surface area contributed by atoms with Crippen LogP contribution in [0.1, 0.15) is 57.8 Å². The molecule has 3 aliphatic heterocycles. The smallest absolute Gasteiger partial charge is 0.247 e. The van der Waals surface area contributed by atoms with Gasteiger partial charge in [0.2, 0.25) is 15.9 Å². The van der Waals surface area contributed by atoms with Gasteiger partial charge in [0, 0.05) is 44.6 Å². The number of benzene rings is 2. The summed E-state index contributed by atoms with van der Waals surface area (Å²) in [5.41, 5.74) is 1.19. The molecule has 2 aromatic rings. The first-order chi connectivity index (χ1) is 20.3. The maximum absolute atomic E-state index is 14.0. The third-order valence-corrected chi connectivity index (χ3v) is 11.7. The van der Waals surface area contributed by atoms with E-state index in [4.69, 9.17) is 9.47 Å². The molecule has 9 nitrogen and oxygen atoms in total. The lowest BCUT2D eigenvalue weighted by Gasteiger charge is -2.44. The van der Waals surface area contributed by atoms with E-state index in [0.717, 1.165) is 53.8 Å². The molecule has 2 N–H and O–H groups in total. The van der Waals surface area contributed by atoms with Crippen LogP contribution in [-0.2, 0) is 14.8 Å². The molecule has 1 spiro atoms. The topological polar surface area (TPSA) is 108 Å². The van der Waals surface area contributed by atoms with Crippen molar-refractivity contribution in [1.82, 2.24) is 14.5 Å². The van der Waals surface area contributed by atoms with E-state index in [-0.39, 0.29) is 36.1 Å². The molecule has 2 aromatic carbocycles. The minimum atomic E-state index is -4.13. The summed E-state index contributed by atoms with van der Waals surface area (Å²) < 4.78 is 40.9. The molecule has 2 atom stereocenters. The number of nitrogens with one attached hydrogen (secondary N) is 1. The van der Waals surface area contributed by atoms with E-state index < -0.39 is 27.7 Å². The number of methoxy groups -OCH3 is 1. The number of likely N-dealkylation sites (tertiary alicyclic amines) is 1. The van der Waals surface area contributed by atoms with E-state index in [1.54, 1.807) is 25.3 Å². The third-order valence-electron chi connectivity index (χ3n) is 9.75. The molecule has 10 heteroatoms. The Morgan fingerprint density at radius 3 is 2.57 bits per heavy atom. The largest absolute Gasteiger partial charge is 0.497 e. The molecular formula is C32H43N3O6S. The normalized spacial score (nSPS) is 26.9. The summed E-state index contributed by atoms with van der Waals surface area (Å²) in [7, 11) is -2.52. The highest BCUT2D eigenvalue weighted by molar-refractivity contribution is 7.89.